The second kappa shape index (κ2) is 6.05. The molecule has 0 bridgehead atoms. The van der Waals surface area contributed by atoms with E-state index in [4.69, 9.17) is 0 Å². The van der Waals surface area contributed by atoms with Crippen LogP contribution < -0.4 is 5.32 Å². The van der Waals surface area contributed by atoms with Gasteiger partial charge < -0.3 is 4.90 Å². The van der Waals surface area contributed by atoms with Gasteiger partial charge in [-0.05, 0) is 31.6 Å². The van der Waals surface area contributed by atoms with Crippen molar-refractivity contribution < 1.29 is 4.79 Å². The standard InChI is InChI=1S/C15H28N2O/c1-4-11-8-7-9-12(10-11)17-14(6-3)16-13(5-2)15(17)18/h11-14,16H,4-10H2,1-3H3. The summed E-state index contributed by atoms with van der Waals surface area (Å²) in [4.78, 5) is 14.7. The van der Waals surface area contributed by atoms with E-state index >= 15 is 0 Å². The van der Waals surface area contributed by atoms with Crippen LogP contribution in [0.5, 0.6) is 0 Å². The molecule has 2 rings (SSSR count). The van der Waals surface area contributed by atoms with Crippen molar-refractivity contribution in [2.75, 3.05) is 0 Å². The molecule has 2 aliphatic rings. The van der Waals surface area contributed by atoms with Crippen molar-refractivity contribution >= 4 is 5.91 Å². The molecule has 0 aromatic rings. The van der Waals surface area contributed by atoms with Crippen LogP contribution in [-0.4, -0.2) is 29.1 Å². The molecule has 0 spiro atoms. The highest BCUT2D eigenvalue weighted by Crippen LogP contribution is 2.33. The highest BCUT2D eigenvalue weighted by Gasteiger charge is 2.41. The molecule has 4 unspecified atom stereocenters. The third kappa shape index (κ3) is 2.56. The Bertz CT molecular complexity index is 292. The Balaban J connectivity index is 2.07. The Morgan fingerprint density at radius 3 is 2.56 bits per heavy atom. The zero-order valence-electron chi connectivity index (χ0n) is 12.1. The average Bonchev–Trinajstić information content (AvgIpc) is 2.75. The molecule has 1 heterocycles. The SMILES string of the molecule is CCC1CCCC(N2C(=O)C(CC)NC2CC)C1. The number of hydrogen-bond donors (Lipinski definition) is 1. The van der Waals surface area contributed by atoms with Crippen LogP contribution in [0, 0.1) is 5.92 Å². The maximum Gasteiger partial charge on any atom is 0.241 e. The molecule has 1 aliphatic carbocycles. The van der Waals surface area contributed by atoms with E-state index in [1.165, 1.54) is 32.1 Å². The highest BCUT2D eigenvalue weighted by molar-refractivity contribution is 5.84. The van der Waals surface area contributed by atoms with Crippen LogP contribution in [0.15, 0.2) is 0 Å². The van der Waals surface area contributed by atoms with Crippen molar-refractivity contribution in [2.45, 2.75) is 84.0 Å². The Hall–Kier alpha value is -0.570. The smallest absolute Gasteiger partial charge is 0.241 e. The maximum atomic E-state index is 12.5. The fourth-order valence-corrected chi connectivity index (χ4v) is 3.64. The van der Waals surface area contributed by atoms with E-state index in [0.717, 1.165) is 18.8 Å². The number of amides is 1. The molecule has 3 nitrogen and oxygen atoms in total. The van der Waals surface area contributed by atoms with Crippen molar-refractivity contribution in [3.8, 4) is 0 Å². The monoisotopic (exact) mass is 252 g/mol. The van der Waals surface area contributed by atoms with Crippen LogP contribution >= 0.6 is 0 Å². The molecule has 1 amide bonds. The topological polar surface area (TPSA) is 32.3 Å². The van der Waals surface area contributed by atoms with E-state index in [1.54, 1.807) is 0 Å². The van der Waals surface area contributed by atoms with Crippen LogP contribution in [0.25, 0.3) is 0 Å². The van der Waals surface area contributed by atoms with E-state index in [-0.39, 0.29) is 12.2 Å². The van der Waals surface area contributed by atoms with Gasteiger partial charge in [0, 0.05) is 6.04 Å². The lowest BCUT2D eigenvalue weighted by Crippen LogP contribution is -2.46. The fraction of sp³-hybridized carbons (Fsp3) is 0.933. The Labute approximate surface area is 111 Å². The fourth-order valence-electron chi connectivity index (χ4n) is 3.64. The van der Waals surface area contributed by atoms with Gasteiger partial charge in [-0.3, -0.25) is 10.1 Å². The molecule has 4 atom stereocenters. The van der Waals surface area contributed by atoms with E-state index in [9.17, 15) is 4.79 Å². The van der Waals surface area contributed by atoms with Gasteiger partial charge in [0.05, 0.1) is 12.2 Å². The molecule has 0 aromatic heterocycles. The van der Waals surface area contributed by atoms with Crippen molar-refractivity contribution in [3.05, 3.63) is 0 Å². The van der Waals surface area contributed by atoms with Crippen LogP contribution in [0.3, 0.4) is 0 Å². The van der Waals surface area contributed by atoms with Crippen LogP contribution in [0.1, 0.15) is 65.7 Å². The highest BCUT2D eigenvalue weighted by atomic mass is 16.2. The molecule has 3 heteroatoms. The quantitative estimate of drug-likeness (QED) is 0.834. The predicted molar refractivity (Wildman–Crippen MR) is 74.2 cm³/mol. The first kappa shape index (κ1) is 13.9. The minimum Gasteiger partial charge on any atom is -0.323 e. The first-order chi connectivity index (χ1) is 8.71. The summed E-state index contributed by atoms with van der Waals surface area (Å²) < 4.78 is 0. The number of nitrogens with one attached hydrogen (secondary N) is 1. The number of hydrogen-bond acceptors (Lipinski definition) is 2. The molecule has 1 N–H and O–H groups in total. The van der Waals surface area contributed by atoms with Gasteiger partial charge in [0.25, 0.3) is 0 Å². The summed E-state index contributed by atoms with van der Waals surface area (Å²) in [6, 6.07) is 0.558. The number of nitrogens with zero attached hydrogens (tertiary/aromatic N) is 1. The van der Waals surface area contributed by atoms with Crippen molar-refractivity contribution in [3.63, 3.8) is 0 Å². The van der Waals surface area contributed by atoms with Gasteiger partial charge in [-0.2, -0.15) is 0 Å². The van der Waals surface area contributed by atoms with Crippen LogP contribution in [0.4, 0.5) is 0 Å². The summed E-state index contributed by atoms with van der Waals surface area (Å²) in [6.07, 6.45) is 8.55. The Morgan fingerprint density at radius 2 is 1.94 bits per heavy atom. The summed E-state index contributed by atoms with van der Waals surface area (Å²) in [5.41, 5.74) is 0. The number of carbonyl (C=O) groups excluding carboxylic acids is 1. The third-order valence-corrected chi connectivity index (χ3v) is 4.80. The molecular formula is C15H28N2O. The van der Waals surface area contributed by atoms with Gasteiger partial charge in [-0.1, -0.05) is 40.0 Å². The molecule has 0 radical (unpaired) electrons. The van der Waals surface area contributed by atoms with Gasteiger partial charge in [0.2, 0.25) is 5.91 Å². The largest absolute Gasteiger partial charge is 0.323 e. The Kier molecular flexibility index (Phi) is 4.66. The van der Waals surface area contributed by atoms with Crippen molar-refractivity contribution in [1.82, 2.24) is 10.2 Å². The summed E-state index contributed by atoms with van der Waals surface area (Å²) in [7, 11) is 0. The van der Waals surface area contributed by atoms with E-state index < -0.39 is 0 Å². The molecular weight excluding hydrogens is 224 g/mol. The van der Waals surface area contributed by atoms with Crippen molar-refractivity contribution in [1.29, 1.82) is 0 Å². The minimum absolute atomic E-state index is 0.0666. The van der Waals surface area contributed by atoms with Crippen LogP contribution in [0.2, 0.25) is 0 Å². The van der Waals surface area contributed by atoms with E-state index in [2.05, 4.69) is 31.0 Å². The lowest BCUT2D eigenvalue weighted by molar-refractivity contribution is -0.133. The van der Waals surface area contributed by atoms with Gasteiger partial charge in [0.15, 0.2) is 0 Å². The molecule has 104 valence electrons. The third-order valence-electron chi connectivity index (χ3n) is 4.80. The van der Waals surface area contributed by atoms with Gasteiger partial charge in [-0.25, -0.2) is 0 Å². The lowest BCUT2D eigenvalue weighted by Gasteiger charge is -2.37. The zero-order valence-corrected chi connectivity index (χ0v) is 12.1. The van der Waals surface area contributed by atoms with Gasteiger partial charge >= 0.3 is 0 Å². The molecule has 0 aromatic carbocycles. The van der Waals surface area contributed by atoms with E-state index in [0.29, 0.717) is 11.9 Å². The molecule has 1 saturated heterocycles. The zero-order chi connectivity index (χ0) is 13.1. The number of rotatable bonds is 4. The molecule has 1 aliphatic heterocycles. The van der Waals surface area contributed by atoms with Crippen LogP contribution in [-0.2, 0) is 4.79 Å². The second-order valence-corrected chi connectivity index (χ2v) is 5.89. The molecule has 2 fully saturated rings. The summed E-state index contributed by atoms with van der Waals surface area (Å²) in [5.74, 6) is 1.18. The van der Waals surface area contributed by atoms with E-state index in [1.807, 2.05) is 0 Å². The van der Waals surface area contributed by atoms with Crippen molar-refractivity contribution in [2.24, 2.45) is 5.92 Å². The first-order valence-electron chi connectivity index (χ1n) is 7.79. The van der Waals surface area contributed by atoms with Gasteiger partial charge in [0.1, 0.15) is 0 Å². The first-order valence-corrected chi connectivity index (χ1v) is 7.79. The summed E-state index contributed by atoms with van der Waals surface area (Å²) >= 11 is 0. The molecule has 18 heavy (non-hydrogen) atoms. The normalized spacial score (nSPS) is 37.3. The average molecular weight is 252 g/mol. The lowest BCUT2D eigenvalue weighted by atomic mass is 9.83. The number of carbonyl (C=O) groups is 1. The summed E-state index contributed by atoms with van der Waals surface area (Å²) in [6.45, 7) is 6.56. The predicted octanol–water partition coefficient (Wildman–Crippen LogP) is 2.90. The molecule has 1 saturated carbocycles. The minimum atomic E-state index is 0.0666. The second-order valence-electron chi connectivity index (χ2n) is 5.89. The maximum absolute atomic E-state index is 12.5. The summed E-state index contributed by atoms with van der Waals surface area (Å²) in [5, 5.41) is 3.50. The Morgan fingerprint density at radius 1 is 1.17 bits per heavy atom. The van der Waals surface area contributed by atoms with Gasteiger partial charge in [-0.15, -0.1) is 0 Å².